The number of rotatable bonds is 4. The zero-order valence-electron chi connectivity index (χ0n) is 10.9. The average molecular weight is 264 g/mol. The molecule has 0 aliphatic rings. The Kier molecular flexibility index (Phi) is 4.04. The Balaban J connectivity index is 2.49. The smallest absolute Gasteiger partial charge is 0.130 e. The monoisotopic (exact) mass is 263 g/mol. The summed E-state index contributed by atoms with van der Waals surface area (Å²) in [5.74, 6) is 0.993. The number of halogens is 1. The first-order valence-electron chi connectivity index (χ1n) is 6.12. The number of imidazole rings is 1. The lowest BCUT2D eigenvalue weighted by molar-refractivity contribution is 0.590. The fraction of sp³-hybridized carbons (Fsp3) is 0.357. The van der Waals surface area contributed by atoms with Crippen LogP contribution in [-0.2, 0) is 6.54 Å². The van der Waals surface area contributed by atoms with Gasteiger partial charge in [-0.05, 0) is 32.0 Å². The van der Waals surface area contributed by atoms with E-state index in [9.17, 15) is 0 Å². The van der Waals surface area contributed by atoms with Gasteiger partial charge >= 0.3 is 0 Å². The van der Waals surface area contributed by atoms with Crippen LogP contribution in [0.25, 0.3) is 0 Å². The quantitative estimate of drug-likeness (QED) is 0.918. The zero-order chi connectivity index (χ0) is 13.1. The molecule has 0 bridgehead atoms. The van der Waals surface area contributed by atoms with Crippen LogP contribution in [0.1, 0.15) is 29.9 Å². The zero-order valence-corrected chi connectivity index (χ0v) is 11.7. The summed E-state index contributed by atoms with van der Waals surface area (Å²) in [6.07, 6.45) is 3.82. The maximum atomic E-state index is 6.40. The van der Waals surface area contributed by atoms with Crippen molar-refractivity contribution in [3.05, 3.63) is 52.6 Å². The van der Waals surface area contributed by atoms with Crippen LogP contribution in [0.15, 0.2) is 30.6 Å². The van der Waals surface area contributed by atoms with Gasteiger partial charge in [0.1, 0.15) is 5.82 Å². The van der Waals surface area contributed by atoms with Gasteiger partial charge in [0.05, 0.1) is 6.04 Å². The van der Waals surface area contributed by atoms with Crippen LogP contribution >= 0.6 is 11.6 Å². The van der Waals surface area contributed by atoms with Crippen molar-refractivity contribution in [3.63, 3.8) is 0 Å². The molecule has 0 aliphatic heterocycles. The summed E-state index contributed by atoms with van der Waals surface area (Å²) in [4.78, 5) is 4.45. The van der Waals surface area contributed by atoms with Crippen molar-refractivity contribution >= 4 is 11.6 Å². The maximum absolute atomic E-state index is 6.40. The van der Waals surface area contributed by atoms with Gasteiger partial charge in [0.15, 0.2) is 0 Å². The van der Waals surface area contributed by atoms with Crippen molar-refractivity contribution in [2.24, 2.45) is 0 Å². The molecule has 18 heavy (non-hydrogen) atoms. The van der Waals surface area contributed by atoms with Gasteiger partial charge in [0.25, 0.3) is 0 Å². The summed E-state index contributed by atoms with van der Waals surface area (Å²) in [5.41, 5.74) is 2.16. The van der Waals surface area contributed by atoms with Crippen LogP contribution in [0.2, 0.25) is 5.02 Å². The third-order valence-corrected chi connectivity index (χ3v) is 3.68. The van der Waals surface area contributed by atoms with E-state index >= 15 is 0 Å². The van der Waals surface area contributed by atoms with Gasteiger partial charge in [-0.1, -0.05) is 29.8 Å². The van der Waals surface area contributed by atoms with Gasteiger partial charge in [0.2, 0.25) is 0 Å². The van der Waals surface area contributed by atoms with Crippen molar-refractivity contribution < 1.29 is 0 Å². The van der Waals surface area contributed by atoms with E-state index < -0.39 is 0 Å². The third-order valence-electron chi connectivity index (χ3n) is 3.17. The van der Waals surface area contributed by atoms with Crippen molar-refractivity contribution in [3.8, 4) is 0 Å². The maximum Gasteiger partial charge on any atom is 0.130 e. The molecule has 2 rings (SSSR count). The Hall–Kier alpha value is -1.32. The molecular weight excluding hydrogens is 246 g/mol. The third kappa shape index (κ3) is 2.28. The first-order valence-corrected chi connectivity index (χ1v) is 6.50. The van der Waals surface area contributed by atoms with Crippen molar-refractivity contribution in [2.75, 3.05) is 7.05 Å². The first kappa shape index (κ1) is 13.1. The molecule has 0 aliphatic carbocycles. The van der Waals surface area contributed by atoms with Crippen molar-refractivity contribution in [1.82, 2.24) is 14.9 Å². The van der Waals surface area contributed by atoms with E-state index in [1.165, 1.54) is 0 Å². The van der Waals surface area contributed by atoms with Crippen LogP contribution in [0.4, 0.5) is 0 Å². The highest BCUT2D eigenvalue weighted by Crippen LogP contribution is 2.29. The van der Waals surface area contributed by atoms with E-state index in [1.807, 2.05) is 44.6 Å². The number of benzene rings is 1. The van der Waals surface area contributed by atoms with E-state index in [0.717, 1.165) is 28.5 Å². The number of nitrogens with one attached hydrogen (secondary N) is 1. The second-order valence-corrected chi connectivity index (χ2v) is 4.65. The van der Waals surface area contributed by atoms with E-state index in [0.29, 0.717) is 0 Å². The molecule has 3 nitrogen and oxygen atoms in total. The van der Waals surface area contributed by atoms with E-state index in [1.54, 1.807) is 0 Å². The van der Waals surface area contributed by atoms with Crippen molar-refractivity contribution in [1.29, 1.82) is 0 Å². The van der Waals surface area contributed by atoms with Crippen LogP contribution in [0, 0.1) is 6.92 Å². The minimum atomic E-state index is 0.0207. The predicted molar refractivity (Wildman–Crippen MR) is 75.0 cm³/mol. The van der Waals surface area contributed by atoms with Crippen LogP contribution < -0.4 is 5.32 Å². The van der Waals surface area contributed by atoms with Gasteiger partial charge in [0, 0.05) is 24.0 Å². The normalized spacial score (nSPS) is 12.7. The fourth-order valence-corrected chi connectivity index (χ4v) is 2.40. The Bertz CT molecular complexity index is 534. The second-order valence-electron chi connectivity index (χ2n) is 4.27. The number of aryl methyl sites for hydroxylation is 2. The molecule has 96 valence electrons. The molecule has 1 atom stereocenters. The van der Waals surface area contributed by atoms with E-state index in [-0.39, 0.29) is 6.04 Å². The largest absolute Gasteiger partial charge is 0.334 e. The molecule has 0 saturated carbocycles. The lowest BCUT2D eigenvalue weighted by atomic mass is 10.0. The van der Waals surface area contributed by atoms with Crippen LogP contribution in [0.3, 0.4) is 0 Å². The van der Waals surface area contributed by atoms with Crippen LogP contribution in [-0.4, -0.2) is 16.6 Å². The summed E-state index contributed by atoms with van der Waals surface area (Å²) in [5, 5.41) is 4.10. The fourth-order valence-electron chi connectivity index (χ4n) is 2.17. The summed E-state index contributed by atoms with van der Waals surface area (Å²) in [6.45, 7) is 5.03. The molecule has 1 heterocycles. The summed E-state index contributed by atoms with van der Waals surface area (Å²) in [7, 11) is 1.93. The molecule has 2 aromatic rings. The molecule has 0 saturated heterocycles. The number of hydrogen-bond acceptors (Lipinski definition) is 2. The van der Waals surface area contributed by atoms with Crippen molar-refractivity contribution in [2.45, 2.75) is 26.4 Å². The Morgan fingerprint density at radius 3 is 2.89 bits per heavy atom. The minimum absolute atomic E-state index is 0.0207. The SMILES string of the molecule is CCn1ccnc1C(NC)c1cccc(C)c1Cl. The lowest BCUT2D eigenvalue weighted by Gasteiger charge is -2.19. The van der Waals surface area contributed by atoms with Gasteiger partial charge in [-0.3, -0.25) is 0 Å². The number of nitrogens with zero attached hydrogens (tertiary/aromatic N) is 2. The molecular formula is C14H18ClN3. The van der Waals surface area contributed by atoms with Crippen LogP contribution in [0.5, 0.6) is 0 Å². The number of aromatic nitrogens is 2. The molecule has 1 aromatic heterocycles. The number of hydrogen-bond donors (Lipinski definition) is 1. The topological polar surface area (TPSA) is 29.9 Å². The highest BCUT2D eigenvalue weighted by molar-refractivity contribution is 6.32. The Morgan fingerprint density at radius 2 is 2.22 bits per heavy atom. The Labute approximate surface area is 113 Å². The van der Waals surface area contributed by atoms with Gasteiger partial charge in [-0.2, -0.15) is 0 Å². The summed E-state index contributed by atoms with van der Waals surface area (Å²) in [6, 6.07) is 6.11. The lowest BCUT2D eigenvalue weighted by Crippen LogP contribution is -2.22. The molecule has 0 radical (unpaired) electrons. The highest BCUT2D eigenvalue weighted by Gasteiger charge is 2.19. The standard InChI is InChI=1S/C14H18ClN3/c1-4-18-9-8-17-14(18)13(16-3)11-7-5-6-10(2)12(11)15/h5-9,13,16H,4H2,1-3H3. The Morgan fingerprint density at radius 1 is 1.44 bits per heavy atom. The molecule has 0 amide bonds. The predicted octanol–water partition coefficient (Wildman–Crippen LogP) is 3.17. The van der Waals surface area contributed by atoms with E-state index in [2.05, 4.69) is 21.8 Å². The molecule has 1 unspecified atom stereocenters. The second kappa shape index (κ2) is 5.55. The van der Waals surface area contributed by atoms with Gasteiger partial charge in [-0.15, -0.1) is 0 Å². The van der Waals surface area contributed by atoms with E-state index in [4.69, 9.17) is 11.6 Å². The van der Waals surface area contributed by atoms with Gasteiger partial charge < -0.3 is 9.88 Å². The van der Waals surface area contributed by atoms with Gasteiger partial charge in [-0.25, -0.2) is 4.98 Å². The molecule has 1 aromatic carbocycles. The molecule has 1 N–H and O–H groups in total. The molecule has 4 heteroatoms. The highest BCUT2D eigenvalue weighted by atomic mass is 35.5. The summed E-state index contributed by atoms with van der Waals surface area (Å²) < 4.78 is 2.12. The average Bonchev–Trinajstić information content (AvgIpc) is 2.83. The summed E-state index contributed by atoms with van der Waals surface area (Å²) >= 11 is 6.40. The molecule has 0 spiro atoms. The minimum Gasteiger partial charge on any atom is -0.334 e. The molecule has 0 fully saturated rings. The first-order chi connectivity index (χ1) is 8.69.